The summed E-state index contributed by atoms with van der Waals surface area (Å²) < 4.78 is 7.48. The van der Waals surface area contributed by atoms with Crippen molar-refractivity contribution in [2.45, 2.75) is 31.9 Å². The van der Waals surface area contributed by atoms with Crippen molar-refractivity contribution in [3.8, 4) is 12.3 Å². The summed E-state index contributed by atoms with van der Waals surface area (Å²) in [5.74, 6) is 2.56. The van der Waals surface area contributed by atoms with E-state index in [1.807, 2.05) is 10.9 Å². The van der Waals surface area contributed by atoms with Crippen molar-refractivity contribution in [3.63, 3.8) is 0 Å². The van der Waals surface area contributed by atoms with E-state index in [0.29, 0.717) is 6.10 Å². The van der Waals surface area contributed by atoms with Crippen LogP contribution in [0.1, 0.15) is 24.8 Å². The van der Waals surface area contributed by atoms with E-state index in [-0.39, 0.29) is 0 Å². The topological polar surface area (TPSA) is 27.1 Å². The van der Waals surface area contributed by atoms with Gasteiger partial charge in [-0.1, -0.05) is 5.92 Å². The summed E-state index contributed by atoms with van der Waals surface area (Å²) >= 11 is 0. The van der Waals surface area contributed by atoms with Crippen molar-refractivity contribution in [2.24, 2.45) is 0 Å². The van der Waals surface area contributed by atoms with Gasteiger partial charge in [-0.15, -0.1) is 6.42 Å². The maximum Gasteiger partial charge on any atom is 0.0770 e. The van der Waals surface area contributed by atoms with E-state index in [4.69, 9.17) is 11.2 Å². The summed E-state index contributed by atoms with van der Waals surface area (Å²) in [6.07, 6.45) is 12.7. The Morgan fingerprint density at radius 1 is 1.64 bits per heavy atom. The SMILES string of the molecule is C#Cc1cnn(C[C@@H]2CCCCO2)c1. The third kappa shape index (κ3) is 2.15. The highest BCUT2D eigenvalue weighted by molar-refractivity contribution is 5.26. The molecule has 2 heterocycles. The molecular formula is C11H14N2O. The highest BCUT2D eigenvalue weighted by atomic mass is 16.5. The van der Waals surface area contributed by atoms with Gasteiger partial charge in [0.15, 0.2) is 0 Å². The molecule has 0 unspecified atom stereocenters. The van der Waals surface area contributed by atoms with Crippen molar-refractivity contribution >= 4 is 0 Å². The molecule has 0 bridgehead atoms. The van der Waals surface area contributed by atoms with Gasteiger partial charge in [0.05, 0.1) is 24.4 Å². The van der Waals surface area contributed by atoms with Crippen LogP contribution in [-0.2, 0) is 11.3 Å². The molecule has 1 aromatic rings. The molecule has 1 aromatic heterocycles. The molecule has 0 radical (unpaired) electrons. The number of nitrogens with zero attached hydrogens (tertiary/aromatic N) is 2. The molecule has 0 aromatic carbocycles. The normalized spacial score (nSPS) is 21.8. The molecule has 2 rings (SSSR count). The second-order valence-electron chi connectivity index (χ2n) is 3.58. The van der Waals surface area contributed by atoms with E-state index >= 15 is 0 Å². The smallest absolute Gasteiger partial charge is 0.0770 e. The van der Waals surface area contributed by atoms with Gasteiger partial charge in [0.1, 0.15) is 0 Å². The van der Waals surface area contributed by atoms with Gasteiger partial charge in [-0.3, -0.25) is 4.68 Å². The van der Waals surface area contributed by atoms with E-state index in [2.05, 4.69) is 11.0 Å². The molecule has 1 fully saturated rings. The lowest BCUT2D eigenvalue weighted by Gasteiger charge is -2.22. The predicted octanol–water partition coefficient (Wildman–Crippen LogP) is 1.43. The van der Waals surface area contributed by atoms with Crippen LogP contribution in [0.15, 0.2) is 12.4 Å². The first-order valence-corrected chi connectivity index (χ1v) is 4.99. The number of aromatic nitrogens is 2. The second-order valence-corrected chi connectivity index (χ2v) is 3.58. The molecule has 1 aliphatic heterocycles. The van der Waals surface area contributed by atoms with Crippen LogP contribution in [0.4, 0.5) is 0 Å². The molecule has 14 heavy (non-hydrogen) atoms. The summed E-state index contributed by atoms with van der Waals surface area (Å²) in [6.45, 7) is 1.70. The third-order valence-electron chi connectivity index (χ3n) is 2.46. The Morgan fingerprint density at radius 2 is 2.57 bits per heavy atom. The molecule has 0 N–H and O–H groups in total. The van der Waals surface area contributed by atoms with Crippen molar-refractivity contribution in [2.75, 3.05) is 6.61 Å². The van der Waals surface area contributed by atoms with Crippen LogP contribution in [0.25, 0.3) is 0 Å². The minimum atomic E-state index is 0.314. The van der Waals surface area contributed by atoms with Gasteiger partial charge in [0, 0.05) is 12.8 Å². The zero-order chi connectivity index (χ0) is 9.80. The highest BCUT2D eigenvalue weighted by Gasteiger charge is 2.14. The first-order valence-electron chi connectivity index (χ1n) is 4.99. The molecule has 1 aliphatic rings. The van der Waals surface area contributed by atoms with Crippen molar-refractivity contribution in [1.82, 2.24) is 9.78 Å². The fourth-order valence-electron chi connectivity index (χ4n) is 1.70. The van der Waals surface area contributed by atoms with Crippen LogP contribution in [0.2, 0.25) is 0 Å². The molecule has 0 saturated carbocycles. The highest BCUT2D eigenvalue weighted by Crippen LogP contribution is 2.14. The third-order valence-corrected chi connectivity index (χ3v) is 2.46. The Bertz CT molecular complexity index is 331. The summed E-state index contributed by atoms with van der Waals surface area (Å²) in [5, 5.41) is 4.18. The number of rotatable bonds is 2. The fraction of sp³-hybridized carbons (Fsp3) is 0.545. The lowest BCUT2D eigenvalue weighted by atomic mass is 10.1. The second kappa shape index (κ2) is 4.30. The average Bonchev–Trinajstić information content (AvgIpc) is 2.67. The van der Waals surface area contributed by atoms with E-state index < -0.39 is 0 Å². The van der Waals surface area contributed by atoms with Crippen LogP contribution in [-0.4, -0.2) is 22.5 Å². The van der Waals surface area contributed by atoms with Gasteiger partial charge in [0.25, 0.3) is 0 Å². The van der Waals surface area contributed by atoms with E-state index in [1.165, 1.54) is 12.8 Å². The Morgan fingerprint density at radius 3 is 3.21 bits per heavy atom. The zero-order valence-corrected chi connectivity index (χ0v) is 8.15. The minimum Gasteiger partial charge on any atom is -0.376 e. The zero-order valence-electron chi connectivity index (χ0n) is 8.15. The molecule has 1 atom stereocenters. The van der Waals surface area contributed by atoms with E-state index in [0.717, 1.165) is 25.1 Å². The lowest BCUT2D eigenvalue weighted by Crippen LogP contribution is -2.24. The Balaban J connectivity index is 1.93. The molecule has 0 aliphatic carbocycles. The molecule has 74 valence electrons. The quantitative estimate of drug-likeness (QED) is 0.660. The predicted molar refractivity (Wildman–Crippen MR) is 53.8 cm³/mol. The molecule has 3 heteroatoms. The van der Waals surface area contributed by atoms with Gasteiger partial charge in [-0.25, -0.2) is 0 Å². The van der Waals surface area contributed by atoms with Gasteiger partial charge >= 0.3 is 0 Å². The maximum absolute atomic E-state index is 5.61. The largest absolute Gasteiger partial charge is 0.376 e. The number of hydrogen-bond acceptors (Lipinski definition) is 2. The van der Waals surface area contributed by atoms with Crippen molar-refractivity contribution < 1.29 is 4.74 Å². The summed E-state index contributed by atoms with van der Waals surface area (Å²) in [7, 11) is 0. The van der Waals surface area contributed by atoms with Gasteiger partial charge in [0.2, 0.25) is 0 Å². The number of ether oxygens (including phenoxy) is 1. The summed E-state index contributed by atoms with van der Waals surface area (Å²) in [6, 6.07) is 0. The molecule has 3 nitrogen and oxygen atoms in total. The minimum absolute atomic E-state index is 0.314. The van der Waals surface area contributed by atoms with Crippen LogP contribution in [0.5, 0.6) is 0 Å². The standard InChI is InChI=1S/C11H14N2O/c1-2-10-7-12-13(8-10)9-11-5-3-4-6-14-11/h1,7-8,11H,3-6,9H2/t11-/m0/s1. The van der Waals surface area contributed by atoms with Crippen molar-refractivity contribution in [1.29, 1.82) is 0 Å². The van der Waals surface area contributed by atoms with E-state index in [1.54, 1.807) is 6.20 Å². The van der Waals surface area contributed by atoms with Gasteiger partial charge in [-0.05, 0) is 19.3 Å². The Labute approximate surface area is 84.1 Å². The molecular weight excluding hydrogens is 176 g/mol. The molecule has 1 saturated heterocycles. The van der Waals surface area contributed by atoms with Crippen molar-refractivity contribution in [3.05, 3.63) is 18.0 Å². The Kier molecular flexibility index (Phi) is 2.85. The van der Waals surface area contributed by atoms with E-state index in [9.17, 15) is 0 Å². The monoisotopic (exact) mass is 190 g/mol. The summed E-state index contributed by atoms with van der Waals surface area (Å²) in [4.78, 5) is 0. The summed E-state index contributed by atoms with van der Waals surface area (Å²) in [5.41, 5.74) is 0.834. The van der Waals surface area contributed by atoms with Crippen LogP contribution >= 0.6 is 0 Å². The van der Waals surface area contributed by atoms with Gasteiger partial charge < -0.3 is 4.74 Å². The lowest BCUT2D eigenvalue weighted by molar-refractivity contribution is 0.00399. The van der Waals surface area contributed by atoms with Crippen LogP contribution in [0, 0.1) is 12.3 Å². The van der Waals surface area contributed by atoms with Crippen LogP contribution < -0.4 is 0 Å². The number of terminal acetylenes is 1. The Hall–Kier alpha value is -1.27. The molecule has 0 amide bonds. The fourth-order valence-corrected chi connectivity index (χ4v) is 1.70. The van der Waals surface area contributed by atoms with Crippen LogP contribution in [0.3, 0.4) is 0 Å². The average molecular weight is 190 g/mol. The first-order chi connectivity index (χ1) is 6.88. The maximum atomic E-state index is 5.61. The number of hydrogen-bond donors (Lipinski definition) is 0. The van der Waals surface area contributed by atoms with Gasteiger partial charge in [-0.2, -0.15) is 5.10 Å². The first kappa shape index (κ1) is 9.29. The molecule has 0 spiro atoms.